The smallest absolute Gasteiger partial charge is 0.240 e. The Morgan fingerprint density at radius 1 is 0.917 bits per heavy atom. The zero-order valence-electron chi connectivity index (χ0n) is 13.8. The van der Waals surface area contributed by atoms with Gasteiger partial charge in [-0.25, -0.2) is 13.1 Å². The molecule has 128 valence electrons. The Kier molecular flexibility index (Phi) is 5.66. The molecule has 1 heterocycles. The van der Waals surface area contributed by atoms with E-state index in [4.69, 9.17) is 0 Å². The summed E-state index contributed by atoms with van der Waals surface area (Å²) in [7, 11) is -3.40. The summed E-state index contributed by atoms with van der Waals surface area (Å²) in [6, 6.07) is 19.1. The van der Waals surface area contributed by atoms with Crippen molar-refractivity contribution in [1.29, 1.82) is 0 Å². The predicted octanol–water partition coefficient (Wildman–Crippen LogP) is 2.67. The lowest BCUT2D eigenvalue weighted by Gasteiger charge is -2.32. The minimum Gasteiger partial charge on any atom is -0.303 e. The van der Waals surface area contributed by atoms with Gasteiger partial charge in [-0.15, -0.1) is 0 Å². The van der Waals surface area contributed by atoms with Gasteiger partial charge < -0.3 is 4.90 Å². The van der Waals surface area contributed by atoms with Crippen molar-refractivity contribution < 1.29 is 8.42 Å². The Balaban J connectivity index is 1.47. The van der Waals surface area contributed by atoms with Crippen LogP contribution in [0.5, 0.6) is 0 Å². The van der Waals surface area contributed by atoms with Crippen LogP contribution in [0, 0.1) is 0 Å². The van der Waals surface area contributed by atoms with Crippen molar-refractivity contribution in [2.45, 2.75) is 30.2 Å². The molecule has 0 aromatic heterocycles. The van der Waals surface area contributed by atoms with E-state index in [1.54, 1.807) is 24.3 Å². The fraction of sp³-hybridized carbons (Fsp3) is 0.368. The third-order valence-electron chi connectivity index (χ3n) is 4.52. The van der Waals surface area contributed by atoms with Gasteiger partial charge in [-0.05, 0) is 50.0 Å². The minimum absolute atomic E-state index is 0.0307. The summed E-state index contributed by atoms with van der Waals surface area (Å²) in [6.07, 6.45) is 2.77. The molecule has 1 fully saturated rings. The van der Waals surface area contributed by atoms with Gasteiger partial charge in [0, 0.05) is 12.6 Å². The third kappa shape index (κ3) is 4.66. The highest BCUT2D eigenvalue weighted by molar-refractivity contribution is 7.89. The number of nitrogens with one attached hydrogen (secondary N) is 1. The lowest BCUT2D eigenvalue weighted by Crippen LogP contribution is -2.45. The van der Waals surface area contributed by atoms with Crippen LogP contribution in [0.3, 0.4) is 0 Å². The Morgan fingerprint density at radius 2 is 1.50 bits per heavy atom. The molecule has 1 aliphatic rings. The average Bonchev–Trinajstić information content (AvgIpc) is 2.62. The highest BCUT2D eigenvalue weighted by Gasteiger charge is 2.24. The maximum Gasteiger partial charge on any atom is 0.240 e. The average molecular weight is 344 g/mol. The molecular formula is C19H24N2O2S. The molecule has 0 aliphatic carbocycles. The predicted molar refractivity (Wildman–Crippen MR) is 96.4 cm³/mol. The second-order valence-electron chi connectivity index (χ2n) is 6.29. The van der Waals surface area contributed by atoms with Crippen molar-refractivity contribution in [3.63, 3.8) is 0 Å². The summed E-state index contributed by atoms with van der Waals surface area (Å²) in [4.78, 5) is 2.76. The molecule has 0 amide bonds. The van der Waals surface area contributed by atoms with Crippen molar-refractivity contribution in [2.75, 3.05) is 19.6 Å². The van der Waals surface area contributed by atoms with Gasteiger partial charge in [-0.2, -0.15) is 0 Å². The number of likely N-dealkylation sites (tertiary alicyclic amines) is 1. The molecule has 0 radical (unpaired) electrons. The van der Waals surface area contributed by atoms with Gasteiger partial charge in [0.1, 0.15) is 0 Å². The molecule has 1 saturated heterocycles. The van der Waals surface area contributed by atoms with E-state index < -0.39 is 10.0 Å². The zero-order valence-corrected chi connectivity index (χ0v) is 14.6. The van der Waals surface area contributed by atoms with Gasteiger partial charge in [-0.1, -0.05) is 48.5 Å². The largest absolute Gasteiger partial charge is 0.303 e. The summed E-state index contributed by atoms with van der Waals surface area (Å²) < 4.78 is 27.6. The fourth-order valence-corrected chi connectivity index (χ4v) is 4.42. The normalized spacial score (nSPS) is 17.0. The first-order valence-electron chi connectivity index (χ1n) is 8.47. The van der Waals surface area contributed by atoms with E-state index in [1.165, 1.54) is 5.56 Å². The van der Waals surface area contributed by atoms with Crippen molar-refractivity contribution in [3.05, 3.63) is 66.2 Å². The standard InChI is InChI=1S/C19H24N2O2S/c22-24(23,19-9-5-2-6-10-19)20-18-12-15-21(16-13-18)14-11-17-7-3-1-4-8-17/h1-10,18,20H,11-16H2. The maximum atomic E-state index is 12.4. The van der Waals surface area contributed by atoms with E-state index in [0.29, 0.717) is 4.90 Å². The van der Waals surface area contributed by atoms with E-state index in [-0.39, 0.29) is 6.04 Å². The second-order valence-corrected chi connectivity index (χ2v) is 8.00. The van der Waals surface area contributed by atoms with E-state index in [0.717, 1.165) is 38.9 Å². The van der Waals surface area contributed by atoms with Gasteiger partial charge >= 0.3 is 0 Å². The minimum atomic E-state index is -3.40. The first-order valence-corrected chi connectivity index (χ1v) is 9.95. The number of sulfonamides is 1. The first-order chi connectivity index (χ1) is 11.6. The maximum absolute atomic E-state index is 12.4. The summed E-state index contributed by atoms with van der Waals surface area (Å²) in [6.45, 7) is 2.91. The van der Waals surface area contributed by atoms with Gasteiger partial charge in [0.25, 0.3) is 0 Å². The summed E-state index contributed by atoms with van der Waals surface area (Å²) in [5, 5.41) is 0. The van der Waals surface area contributed by atoms with Crippen molar-refractivity contribution in [3.8, 4) is 0 Å². The van der Waals surface area contributed by atoms with Crippen LogP contribution in [0.4, 0.5) is 0 Å². The fourth-order valence-electron chi connectivity index (χ4n) is 3.09. The van der Waals surface area contributed by atoms with Crippen LogP contribution in [-0.2, 0) is 16.4 Å². The summed E-state index contributed by atoms with van der Waals surface area (Å²) in [5.41, 5.74) is 1.35. The molecule has 2 aromatic rings. The van der Waals surface area contributed by atoms with Crippen LogP contribution in [0.2, 0.25) is 0 Å². The van der Waals surface area contributed by atoms with E-state index in [9.17, 15) is 8.42 Å². The summed E-state index contributed by atoms with van der Waals surface area (Å²) >= 11 is 0. The van der Waals surface area contributed by atoms with E-state index in [1.807, 2.05) is 12.1 Å². The van der Waals surface area contributed by atoms with E-state index >= 15 is 0 Å². The van der Waals surface area contributed by atoms with Gasteiger partial charge in [-0.3, -0.25) is 0 Å². The van der Waals surface area contributed by atoms with Crippen molar-refractivity contribution in [1.82, 2.24) is 9.62 Å². The second kappa shape index (κ2) is 7.92. The van der Waals surface area contributed by atoms with Crippen LogP contribution in [0.25, 0.3) is 0 Å². The van der Waals surface area contributed by atoms with Crippen molar-refractivity contribution >= 4 is 10.0 Å². The van der Waals surface area contributed by atoms with Crippen LogP contribution in [-0.4, -0.2) is 39.0 Å². The Bertz CT molecular complexity index is 724. The Morgan fingerprint density at radius 3 is 2.12 bits per heavy atom. The molecule has 0 saturated carbocycles. The number of nitrogens with zero attached hydrogens (tertiary/aromatic N) is 1. The molecule has 0 unspecified atom stereocenters. The molecule has 5 heteroatoms. The van der Waals surface area contributed by atoms with Crippen molar-refractivity contribution in [2.24, 2.45) is 0 Å². The summed E-state index contributed by atoms with van der Waals surface area (Å²) in [5.74, 6) is 0. The van der Waals surface area contributed by atoms with Crippen LogP contribution < -0.4 is 4.72 Å². The van der Waals surface area contributed by atoms with E-state index in [2.05, 4.69) is 33.9 Å². The lowest BCUT2D eigenvalue weighted by atomic mass is 10.1. The third-order valence-corrected chi connectivity index (χ3v) is 6.06. The monoisotopic (exact) mass is 344 g/mol. The topological polar surface area (TPSA) is 49.4 Å². The molecule has 3 rings (SSSR count). The molecule has 4 nitrogen and oxygen atoms in total. The first kappa shape index (κ1) is 17.1. The van der Waals surface area contributed by atoms with Gasteiger partial charge in [0.15, 0.2) is 0 Å². The number of hydrogen-bond acceptors (Lipinski definition) is 3. The quantitative estimate of drug-likeness (QED) is 0.876. The van der Waals surface area contributed by atoms with Gasteiger partial charge in [0.2, 0.25) is 10.0 Å². The molecule has 0 bridgehead atoms. The number of benzene rings is 2. The molecule has 0 atom stereocenters. The Hall–Kier alpha value is -1.69. The SMILES string of the molecule is O=S(=O)(NC1CCN(CCc2ccccc2)CC1)c1ccccc1. The molecule has 0 spiro atoms. The van der Waals surface area contributed by atoms with Crippen LogP contribution >= 0.6 is 0 Å². The Labute approximate surface area is 144 Å². The molecule has 2 aromatic carbocycles. The zero-order chi connectivity index (χ0) is 16.8. The lowest BCUT2D eigenvalue weighted by molar-refractivity contribution is 0.209. The van der Waals surface area contributed by atoms with Gasteiger partial charge in [0.05, 0.1) is 4.90 Å². The van der Waals surface area contributed by atoms with Crippen LogP contribution in [0.1, 0.15) is 18.4 Å². The molecule has 1 aliphatic heterocycles. The van der Waals surface area contributed by atoms with Crippen LogP contribution in [0.15, 0.2) is 65.6 Å². The number of hydrogen-bond donors (Lipinski definition) is 1. The highest BCUT2D eigenvalue weighted by atomic mass is 32.2. The molecular weight excluding hydrogens is 320 g/mol. The molecule has 1 N–H and O–H groups in total. The number of rotatable bonds is 6. The number of piperidine rings is 1. The molecule has 24 heavy (non-hydrogen) atoms. The highest BCUT2D eigenvalue weighted by Crippen LogP contribution is 2.15.